The summed E-state index contributed by atoms with van der Waals surface area (Å²) in [6.07, 6.45) is 0.379. The van der Waals surface area contributed by atoms with Crippen molar-refractivity contribution in [1.82, 2.24) is 0 Å². The number of hydrogen-bond acceptors (Lipinski definition) is 2. The fourth-order valence-electron chi connectivity index (χ4n) is 1.66. The number of carbonyl (C=O) groups excluding carboxylic acids is 1. The van der Waals surface area contributed by atoms with Gasteiger partial charge < -0.3 is 5.11 Å². The van der Waals surface area contributed by atoms with Crippen LogP contribution in [0.15, 0.2) is 18.2 Å². The molecule has 0 aliphatic carbocycles. The summed E-state index contributed by atoms with van der Waals surface area (Å²) in [4.78, 5) is 22.9. The van der Waals surface area contributed by atoms with Gasteiger partial charge >= 0.3 is 5.97 Å². The normalized spacial score (nSPS) is 10.5. The Morgan fingerprint density at radius 2 is 1.94 bits per heavy atom. The fourth-order valence-corrected chi connectivity index (χ4v) is 1.66. The average molecular weight is 220 g/mol. The lowest BCUT2D eigenvalue weighted by Crippen LogP contribution is -2.12. The smallest absolute Gasteiger partial charge is 0.336 e. The largest absolute Gasteiger partial charge is 0.478 e. The summed E-state index contributed by atoms with van der Waals surface area (Å²) in [6.45, 7) is 5.58. The second-order valence-electron chi connectivity index (χ2n) is 4.32. The first-order chi connectivity index (χ1) is 7.43. The summed E-state index contributed by atoms with van der Waals surface area (Å²) < 4.78 is 0. The summed E-state index contributed by atoms with van der Waals surface area (Å²) in [5.74, 6) is -0.907. The van der Waals surface area contributed by atoms with Crippen molar-refractivity contribution < 1.29 is 14.7 Å². The third-order valence-corrected chi connectivity index (χ3v) is 2.38. The molecule has 0 fully saturated rings. The van der Waals surface area contributed by atoms with Crippen LogP contribution < -0.4 is 0 Å². The van der Waals surface area contributed by atoms with E-state index in [9.17, 15) is 9.59 Å². The van der Waals surface area contributed by atoms with Gasteiger partial charge in [0.05, 0.1) is 5.56 Å². The van der Waals surface area contributed by atoms with Gasteiger partial charge in [0, 0.05) is 12.0 Å². The zero-order chi connectivity index (χ0) is 12.3. The van der Waals surface area contributed by atoms with Crippen LogP contribution in [0.2, 0.25) is 0 Å². The molecule has 0 aliphatic heterocycles. The van der Waals surface area contributed by atoms with Crippen molar-refractivity contribution in [3.63, 3.8) is 0 Å². The van der Waals surface area contributed by atoms with E-state index >= 15 is 0 Å². The molecule has 0 atom stereocenters. The van der Waals surface area contributed by atoms with Gasteiger partial charge in [-0.1, -0.05) is 32.0 Å². The SMILES string of the molecule is Cc1cccc(C(=O)CC(C)C)c1C(=O)O. The van der Waals surface area contributed by atoms with E-state index in [4.69, 9.17) is 5.11 Å². The summed E-state index contributed by atoms with van der Waals surface area (Å²) in [5.41, 5.74) is 1.08. The quantitative estimate of drug-likeness (QED) is 0.794. The first-order valence-corrected chi connectivity index (χ1v) is 5.29. The van der Waals surface area contributed by atoms with Gasteiger partial charge in [-0.05, 0) is 18.4 Å². The predicted molar refractivity (Wildman–Crippen MR) is 61.9 cm³/mol. The molecule has 0 saturated heterocycles. The summed E-state index contributed by atoms with van der Waals surface area (Å²) in [6, 6.07) is 5.01. The summed E-state index contributed by atoms with van der Waals surface area (Å²) in [7, 11) is 0. The second kappa shape index (κ2) is 4.92. The third kappa shape index (κ3) is 2.69. The van der Waals surface area contributed by atoms with Crippen molar-refractivity contribution in [3.8, 4) is 0 Å². The molecule has 0 aliphatic rings. The maximum atomic E-state index is 11.9. The molecule has 0 heterocycles. The van der Waals surface area contributed by atoms with Crippen LogP contribution >= 0.6 is 0 Å². The van der Waals surface area contributed by atoms with E-state index in [2.05, 4.69) is 0 Å². The van der Waals surface area contributed by atoms with Crippen LogP contribution in [0.4, 0.5) is 0 Å². The molecule has 0 bridgehead atoms. The fraction of sp³-hybridized carbons (Fsp3) is 0.385. The summed E-state index contributed by atoms with van der Waals surface area (Å²) >= 11 is 0. The number of aromatic carboxylic acids is 1. The van der Waals surface area contributed by atoms with E-state index in [1.165, 1.54) is 0 Å². The van der Waals surface area contributed by atoms with Gasteiger partial charge in [-0.15, -0.1) is 0 Å². The Hall–Kier alpha value is -1.64. The van der Waals surface area contributed by atoms with Crippen LogP contribution in [0.5, 0.6) is 0 Å². The molecular weight excluding hydrogens is 204 g/mol. The van der Waals surface area contributed by atoms with Crippen molar-refractivity contribution in [3.05, 3.63) is 34.9 Å². The van der Waals surface area contributed by atoms with Gasteiger partial charge in [-0.25, -0.2) is 4.79 Å². The van der Waals surface area contributed by atoms with Crippen molar-refractivity contribution >= 4 is 11.8 Å². The molecule has 1 aromatic carbocycles. The molecule has 0 saturated carbocycles. The van der Waals surface area contributed by atoms with E-state index < -0.39 is 5.97 Å². The molecule has 0 amide bonds. The standard InChI is InChI=1S/C13H16O3/c1-8(2)7-11(14)10-6-4-5-9(3)12(10)13(15)16/h4-6,8H,7H2,1-3H3,(H,15,16). The Morgan fingerprint density at radius 3 is 2.44 bits per heavy atom. The molecule has 0 unspecified atom stereocenters. The topological polar surface area (TPSA) is 54.4 Å². The Kier molecular flexibility index (Phi) is 3.82. The highest BCUT2D eigenvalue weighted by molar-refractivity contribution is 6.06. The Labute approximate surface area is 95.1 Å². The average Bonchev–Trinajstić information content (AvgIpc) is 2.15. The van der Waals surface area contributed by atoms with Crippen molar-refractivity contribution in [1.29, 1.82) is 0 Å². The van der Waals surface area contributed by atoms with E-state index in [0.29, 0.717) is 17.5 Å². The van der Waals surface area contributed by atoms with E-state index in [1.54, 1.807) is 25.1 Å². The minimum absolute atomic E-state index is 0.101. The number of rotatable bonds is 4. The molecular formula is C13H16O3. The lowest BCUT2D eigenvalue weighted by molar-refractivity contribution is 0.0690. The van der Waals surface area contributed by atoms with Crippen LogP contribution in [-0.2, 0) is 0 Å². The first kappa shape index (κ1) is 12.4. The van der Waals surface area contributed by atoms with Crippen LogP contribution in [0.25, 0.3) is 0 Å². The highest BCUT2D eigenvalue weighted by Crippen LogP contribution is 2.18. The minimum atomic E-state index is -1.04. The molecule has 1 N–H and O–H groups in total. The number of hydrogen-bond donors (Lipinski definition) is 1. The maximum Gasteiger partial charge on any atom is 0.336 e. The van der Waals surface area contributed by atoms with Crippen LogP contribution in [0.1, 0.15) is 46.5 Å². The highest BCUT2D eigenvalue weighted by atomic mass is 16.4. The third-order valence-electron chi connectivity index (χ3n) is 2.38. The van der Waals surface area contributed by atoms with Gasteiger partial charge in [0.15, 0.2) is 5.78 Å². The molecule has 0 aromatic heterocycles. The molecule has 0 spiro atoms. The number of carbonyl (C=O) groups is 2. The number of aryl methyl sites for hydroxylation is 1. The molecule has 1 rings (SSSR count). The second-order valence-corrected chi connectivity index (χ2v) is 4.32. The Balaban J connectivity index is 3.18. The van der Waals surface area contributed by atoms with E-state index in [0.717, 1.165) is 0 Å². The van der Waals surface area contributed by atoms with Gasteiger partial charge in [0.25, 0.3) is 0 Å². The van der Waals surface area contributed by atoms with Gasteiger partial charge in [0.2, 0.25) is 0 Å². The number of benzene rings is 1. The lowest BCUT2D eigenvalue weighted by Gasteiger charge is -2.09. The van der Waals surface area contributed by atoms with Crippen molar-refractivity contribution in [2.24, 2.45) is 5.92 Å². The molecule has 3 nitrogen and oxygen atoms in total. The van der Waals surface area contributed by atoms with E-state index in [-0.39, 0.29) is 17.3 Å². The molecule has 0 radical (unpaired) electrons. The maximum absolute atomic E-state index is 11.9. The van der Waals surface area contributed by atoms with Crippen LogP contribution in [0.3, 0.4) is 0 Å². The first-order valence-electron chi connectivity index (χ1n) is 5.29. The van der Waals surface area contributed by atoms with Gasteiger partial charge in [0.1, 0.15) is 0 Å². The molecule has 1 aromatic rings. The number of carboxylic acids is 1. The zero-order valence-electron chi connectivity index (χ0n) is 9.78. The molecule has 3 heteroatoms. The van der Waals surface area contributed by atoms with E-state index in [1.807, 2.05) is 13.8 Å². The molecule has 16 heavy (non-hydrogen) atoms. The predicted octanol–water partition coefficient (Wildman–Crippen LogP) is 2.92. The van der Waals surface area contributed by atoms with Gasteiger partial charge in [-0.3, -0.25) is 4.79 Å². The van der Waals surface area contributed by atoms with Gasteiger partial charge in [-0.2, -0.15) is 0 Å². The Morgan fingerprint density at radius 1 is 1.31 bits per heavy atom. The minimum Gasteiger partial charge on any atom is -0.478 e. The number of ketones is 1. The Bertz CT molecular complexity index is 419. The number of Topliss-reactive ketones (excluding diaryl/α,β-unsaturated/α-hetero) is 1. The monoisotopic (exact) mass is 220 g/mol. The van der Waals surface area contributed by atoms with Crippen LogP contribution in [-0.4, -0.2) is 16.9 Å². The summed E-state index contributed by atoms with van der Waals surface area (Å²) in [5, 5.41) is 9.08. The highest BCUT2D eigenvalue weighted by Gasteiger charge is 2.18. The zero-order valence-corrected chi connectivity index (χ0v) is 9.78. The van der Waals surface area contributed by atoms with Crippen LogP contribution in [0, 0.1) is 12.8 Å². The number of carboxylic acid groups (broad SMARTS) is 1. The lowest BCUT2D eigenvalue weighted by atomic mass is 9.94. The van der Waals surface area contributed by atoms with Crippen molar-refractivity contribution in [2.75, 3.05) is 0 Å². The van der Waals surface area contributed by atoms with Crippen molar-refractivity contribution in [2.45, 2.75) is 27.2 Å². The molecule has 86 valence electrons.